The molecule has 0 aliphatic rings. The number of alkyl halides is 1. The highest BCUT2D eigenvalue weighted by molar-refractivity contribution is 6.20. The summed E-state index contributed by atoms with van der Waals surface area (Å²) in [6.07, 6.45) is 2.02. The number of aromatic nitrogens is 5. The van der Waals surface area contributed by atoms with E-state index in [0.717, 1.165) is 22.7 Å². The van der Waals surface area contributed by atoms with Crippen molar-refractivity contribution in [3.05, 3.63) is 35.9 Å². The fourth-order valence-electron chi connectivity index (χ4n) is 2.15. The monoisotopic (exact) mass is 291 g/mol. The summed E-state index contributed by atoms with van der Waals surface area (Å²) in [5.41, 5.74) is 2.64. The lowest BCUT2D eigenvalue weighted by Gasteiger charge is -2.08. The van der Waals surface area contributed by atoms with Gasteiger partial charge in [0.25, 0.3) is 0 Å². The van der Waals surface area contributed by atoms with Crippen LogP contribution in [-0.4, -0.2) is 24.7 Å². The molecule has 0 radical (unpaired) electrons. The Balaban J connectivity index is 2.01. The van der Waals surface area contributed by atoms with E-state index in [1.807, 2.05) is 30.5 Å². The summed E-state index contributed by atoms with van der Waals surface area (Å²) in [6, 6.07) is 3.91. The largest absolute Gasteiger partial charge is 0.340 e. The van der Waals surface area contributed by atoms with Gasteiger partial charge >= 0.3 is 0 Å². The third kappa shape index (κ3) is 2.38. The number of imidazole rings is 1. The first-order chi connectivity index (χ1) is 9.65. The molecule has 0 saturated carbocycles. The zero-order chi connectivity index (χ0) is 14.1. The van der Waals surface area contributed by atoms with Crippen LogP contribution in [0.3, 0.4) is 0 Å². The van der Waals surface area contributed by atoms with E-state index in [-0.39, 0.29) is 5.38 Å². The first-order valence-electron chi connectivity index (χ1n) is 6.38. The normalized spacial score (nSPS) is 12.9. The van der Waals surface area contributed by atoms with Crippen LogP contribution >= 0.6 is 11.6 Å². The van der Waals surface area contributed by atoms with Crippen molar-refractivity contribution in [2.24, 2.45) is 0 Å². The van der Waals surface area contributed by atoms with Crippen LogP contribution in [0.15, 0.2) is 23.0 Å². The summed E-state index contributed by atoms with van der Waals surface area (Å²) in [5, 5.41) is 3.42. The second-order valence-electron chi connectivity index (χ2n) is 4.62. The zero-order valence-electron chi connectivity index (χ0n) is 11.2. The van der Waals surface area contributed by atoms with Gasteiger partial charge in [-0.3, -0.25) is 0 Å². The average molecular weight is 292 g/mol. The van der Waals surface area contributed by atoms with E-state index in [1.165, 1.54) is 6.33 Å². The van der Waals surface area contributed by atoms with E-state index in [2.05, 4.69) is 20.1 Å². The number of hydrogen-bond donors (Lipinski definition) is 0. The lowest BCUT2D eigenvalue weighted by atomic mass is 10.3. The van der Waals surface area contributed by atoms with Crippen molar-refractivity contribution in [1.82, 2.24) is 24.7 Å². The van der Waals surface area contributed by atoms with Crippen molar-refractivity contribution in [2.45, 2.75) is 32.2 Å². The molecule has 0 aliphatic heterocycles. The predicted molar refractivity (Wildman–Crippen MR) is 74.5 cm³/mol. The van der Waals surface area contributed by atoms with E-state index in [0.29, 0.717) is 18.9 Å². The number of fused-ring (bicyclic) bond motifs is 1. The standard InChI is InChI=1S/C13H14ClN5O/c1-8-3-4-10-13(17-8)19(12(18-10)9(2)14)6-5-11-15-7-16-20-11/h3-4,7,9H,5-6H2,1-2H3. The first kappa shape index (κ1) is 13.1. The van der Waals surface area contributed by atoms with Gasteiger partial charge in [-0.1, -0.05) is 5.16 Å². The Bertz CT molecular complexity index is 720. The summed E-state index contributed by atoms with van der Waals surface area (Å²) in [7, 11) is 0. The molecule has 7 heteroatoms. The summed E-state index contributed by atoms with van der Waals surface area (Å²) < 4.78 is 7.04. The molecule has 0 aromatic carbocycles. The minimum Gasteiger partial charge on any atom is -0.340 e. The van der Waals surface area contributed by atoms with Crippen molar-refractivity contribution in [2.75, 3.05) is 0 Å². The number of halogens is 1. The third-order valence-electron chi connectivity index (χ3n) is 3.07. The van der Waals surface area contributed by atoms with Crippen LogP contribution < -0.4 is 0 Å². The number of hydrogen-bond acceptors (Lipinski definition) is 5. The smallest absolute Gasteiger partial charge is 0.228 e. The molecule has 6 nitrogen and oxygen atoms in total. The molecule has 0 bridgehead atoms. The third-order valence-corrected chi connectivity index (χ3v) is 3.27. The summed E-state index contributed by atoms with van der Waals surface area (Å²) in [4.78, 5) is 13.1. The number of pyridine rings is 1. The van der Waals surface area contributed by atoms with Crippen LogP contribution in [-0.2, 0) is 13.0 Å². The van der Waals surface area contributed by atoms with Gasteiger partial charge < -0.3 is 9.09 Å². The quantitative estimate of drug-likeness (QED) is 0.691. The Morgan fingerprint density at radius 1 is 1.35 bits per heavy atom. The molecule has 3 rings (SSSR count). The Kier molecular flexibility index (Phi) is 3.40. The molecule has 0 aliphatic carbocycles. The maximum absolute atomic E-state index is 6.22. The van der Waals surface area contributed by atoms with Crippen LogP contribution in [0.4, 0.5) is 0 Å². The van der Waals surface area contributed by atoms with Crippen molar-refractivity contribution >= 4 is 22.8 Å². The molecule has 0 saturated heterocycles. The highest BCUT2D eigenvalue weighted by Gasteiger charge is 2.16. The van der Waals surface area contributed by atoms with E-state index < -0.39 is 0 Å². The topological polar surface area (TPSA) is 69.6 Å². The van der Waals surface area contributed by atoms with Gasteiger partial charge in [-0.2, -0.15) is 4.98 Å². The van der Waals surface area contributed by atoms with Crippen LogP contribution in [0.2, 0.25) is 0 Å². The van der Waals surface area contributed by atoms with Crippen molar-refractivity contribution in [1.29, 1.82) is 0 Å². The molecule has 0 amide bonds. The van der Waals surface area contributed by atoms with Crippen LogP contribution in [0.25, 0.3) is 11.2 Å². The van der Waals surface area contributed by atoms with Crippen LogP contribution in [0, 0.1) is 6.92 Å². The van der Waals surface area contributed by atoms with E-state index in [9.17, 15) is 0 Å². The summed E-state index contributed by atoms with van der Waals surface area (Å²) >= 11 is 6.22. The van der Waals surface area contributed by atoms with Gasteiger partial charge in [-0.05, 0) is 26.0 Å². The molecule has 104 valence electrons. The number of rotatable bonds is 4. The molecule has 1 atom stereocenters. The molecule has 3 aromatic heterocycles. The summed E-state index contributed by atoms with van der Waals surface area (Å²) in [5.74, 6) is 1.40. The SMILES string of the molecule is Cc1ccc2nc(C(C)Cl)n(CCc3ncno3)c2n1. The first-order valence-corrected chi connectivity index (χ1v) is 6.82. The van der Waals surface area contributed by atoms with Crippen molar-refractivity contribution in [3.8, 4) is 0 Å². The van der Waals surface area contributed by atoms with Gasteiger partial charge in [0, 0.05) is 18.7 Å². The maximum atomic E-state index is 6.22. The zero-order valence-corrected chi connectivity index (χ0v) is 12.0. The molecule has 3 aromatic rings. The van der Waals surface area contributed by atoms with Gasteiger partial charge in [-0.25, -0.2) is 9.97 Å². The maximum Gasteiger partial charge on any atom is 0.228 e. The van der Waals surface area contributed by atoms with Crippen LogP contribution in [0.5, 0.6) is 0 Å². The minimum atomic E-state index is -0.188. The Morgan fingerprint density at radius 3 is 2.90 bits per heavy atom. The molecule has 0 fully saturated rings. The van der Waals surface area contributed by atoms with Crippen molar-refractivity contribution in [3.63, 3.8) is 0 Å². The Morgan fingerprint density at radius 2 is 2.20 bits per heavy atom. The van der Waals surface area contributed by atoms with Gasteiger partial charge in [0.1, 0.15) is 11.3 Å². The van der Waals surface area contributed by atoms with Gasteiger partial charge in [0.2, 0.25) is 5.89 Å². The number of aryl methyl sites for hydroxylation is 3. The lowest BCUT2D eigenvalue weighted by Crippen LogP contribution is -2.08. The van der Waals surface area contributed by atoms with E-state index >= 15 is 0 Å². The highest BCUT2D eigenvalue weighted by Crippen LogP contribution is 2.24. The molecule has 0 N–H and O–H groups in total. The average Bonchev–Trinajstić information content (AvgIpc) is 3.03. The Hall–Kier alpha value is -1.95. The van der Waals surface area contributed by atoms with E-state index in [1.54, 1.807) is 0 Å². The van der Waals surface area contributed by atoms with Gasteiger partial charge in [0.15, 0.2) is 12.0 Å². The van der Waals surface area contributed by atoms with Crippen LogP contribution in [0.1, 0.15) is 29.7 Å². The summed E-state index contributed by atoms with van der Waals surface area (Å²) in [6.45, 7) is 4.51. The number of nitrogens with zero attached hydrogens (tertiary/aromatic N) is 5. The minimum absolute atomic E-state index is 0.188. The highest BCUT2D eigenvalue weighted by atomic mass is 35.5. The van der Waals surface area contributed by atoms with Gasteiger partial charge in [-0.15, -0.1) is 11.6 Å². The predicted octanol–water partition coefficient (Wildman–Crippen LogP) is 2.67. The molecular formula is C13H14ClN5O. The van der Waals surface area contributed by atoms with Crippen molar-refractivity contribution < 1.29 is 4.52 Å². The lowest BCUT2D eigenvalue weighted by molar-refractivity contribution is 0.370. The van der Waals surface area contributed by atoms with E-state index in [4.69, 9.17) is 16.1 Å². The molecule has 3 heterocycles. The molecular weight excluding hydrogens is 278 g/mol. The second-order valence-corrected chi connectivity index (χ2v) is 5.27. The molecule has 1 unspecified atom stereocenters. The fourth-order valence-corrected chi connectivity index (χ4v) is 2.32. The fraction of sp³-hybridized carbons (Fsp3) is 0.385. The second kappa shape index (κ2) is 5.20. The Labute approximate surface area is 120 Å². The molecule has 20 heavy (non-hydrogen) atoms. The van der Waals surface area contributed by atoms with Gasteiger partial charge in [0.05, 0.1) is 5.38 Å². The molecule has 0 spiro atoms.